The Morgan fingerprint density at radius 1 is 1.38 bits per heavy atom. The van der Waals surface area contributed by atoms with Gasteiger partial charge in [-0.2, -0.15) is 0 Å². The molecule has 0 spiro atoms. The number of nitrogens with one attached hydrogen (secondary N) is 1. The van der Waals surface area contributed by atoms with Gasteiger partial charge in [0, 0.05) is 12.2 Å². The number of rotatable bonds is 4. The monoisotopic (exact) mass is 302 g/mol. The summed E-state index contributed by atoms with van der Waals surface area (Å²) in [5.74, 6) is -0.0549. The first kappa shape index (κ1) is 15.6. The zero-order valence-corrected chi connectivity index (χ0v) is 11.5. The summed E-state index contributed by atoms with van der Waals surface area (Å²) in [4.78, 5) is 12.2. The van der Waals surface area contributed by atoms with Crippen LogP contribution in [0, 0.1) is 11.3 Å². The van der Waals surface area contributed by atoms with Crippen molar-refractivity contribution in [3.63, 3.8) is 0 Å². The van der Waals surface area contributed by atoms with E-state index in [4.69, 9.17) is 5.73 Å². The molecule has 2 rings (SSSR count). The average molecular weight is 302 g/mol. The maximum atomic E-state index is 12.2. The lowest BCUT2D eigenvalue weighted by atomic mass is 9.62. The second-order valence-corrected chi connectivity index (χ2v) is 5.52. The van der Waals surface area contributed by atoms with Crippen molar-refractivity contribution >= 4 is 11.6 Å². The Balaban J connectivity index is 1.99. The quantitative estimate of drug-likeness (QED) is 0.899. The van der Waals surface area contributed by atoms with E-state index >= 15 is 0 Å². The number of amides is 1. The summed E-state index contributed by atoms with van der Waals surface area (Å²) >= 11 is 0. The molecule has 116 valence electrons. The molecule has 4 nitrogen and oxygen atoms in total. The van der Waals surface area contributed by atoms with E-state index < -0.39 is 11.8 Å². The van der Waals surface area contributed by atoms with Gasteiger partial charge in [0.1, 0.15) is 5.75 Å². The molecule has 0 aromatic heterocycles. The maximum Gasteiger partial charge on any atom is 0.573 e. The Hall–Kier alpha value is -1.76. The van der Waals surface area contributed by atoms with Gasteiger partial charge in [-0.3, -0.25) is 4.79 Å². The summed E-state index contributed by atoms with van der Waals surface area (Å²) < 4.78 is 39.9. The van der Waals surface area contributed by atoms with Crippen LogP contribution in [0.2, 0.25) is 0 Å². The standard InChI is InChI=1S/C14H17F3N2O2/c1-9-6-13(7-9,8-18)12(20)19-10-2-4-11(5-3-10)21-14(15,16)17/h2-5,9H,6-8,18H2,1H3,(H,19,20). The minimum absolute atomic E-state index is 0.187. The zero-order chi connectivity index (χ0) is 15.7. The number of halogens is 3. The number of carbonyl (C=O) groups excluding carboxylic acids is 1. The molecular weight excluding hydrogens is 285 g/mol. The van der Waals surface area contributed by atoms with Gasteiger partial charge in [0.2, 0.25) is 5.91 Å². The molecule has 0 heterocycles. The number of hydrogen-bond donors (Lipinski definition) is 2. The second-order valence-electron chi connectivity index (χ2n) is 5.52. The van der Waals surface area contributed by atoms with Crippen molar-refractivity contribution in [2.45, 2.75) is 26.1 Å². The Morgan fingerprint density at radius 3 is 2.38 bits per heavy atom. The molecule has 21 heavy (non-hydrogen) atoms. The number of nitrogens with two attached hydrogens (primary N) is 1. The van der Waals surface area contributed by atoms with Gasteiger partial charge in [-0.05, 0) is 43.0 Å². The highest BCUT2D eigenvalue weighted by atomic mass is 19.4. The predicted molar refractivity (Wildman–Crippen MR) is 71.6 cm³/mol. The van der Waals surface area contributed by atoms with Crippen LogP contribution in [0.5, 0.6) is 5.75 Å². The van der Waals surface area contributed by atoms with Crippen molar-refractivity contribution in [1.82, 2.24) is 0 Å². The Morgan fingerprint density at radius 2 is 1.95 bits per heavy atom. The smallest absolute Gasteiger partial charge is 0.406 e. The molecule has 1 amide bonds. The number of anilines is 1. The molecule has 3 N–H and O–H groups in total. The van der Waals surface area contributed by atoms with E-state index in [2.05, 4.69) is 10.1 Å². The number of benzene rings is 1. The molecule has 0 radical (unpaired) electrons. The summed E-state index contributed by atoms with van der Waals surface area (Å²) in [5.41, 5.74) is 5.54. The topological polar surface area (TPSA) is 64.4 Å². The number of alkyl halides is 3. The lowest BCUT2D eigenvalue weighted by Gasteiger charge is -2.44. The van der Waals surface area contributed by atoms with Crippen molar-refractivity contribution < 1.29 is 22.7 Å². The van der Waals surface area contributed by atoms with E-state index in [0.717, 1.165) is 25.0 Å². The number of hydrogen-bond acceptors (Lipinski definition) is 3. The van der Waals surface area contributed by atoms with Gasteiger partial charge >= 0.3 is 6.36 Å². The zero-order valence-electron chi connectivity index (χ0n) is 11.5. The molecule has 0 unspecified atom stereocenters. The van der Waals surface area contributed by atoms with Crippen LogP contribution in [0.4, 0.5) is 18.9 Å². The van der Waals surface area contributed by atoms with Crippen LogP contribution in [-0.2, 0) is 4.79 Å². The van der Waals surface area contributed by atoms with Gasteiger partial charge in [0.25, 0.3) is 0 Å². The summed E-state index contributed by atoms with van der Waals surface area (Å²) in [6.07, 6.45) is -3.27. The molecule has 1 fully saturated rings. The van der Waals surface area contributed by atoms with E-state index in [0.29, 0.717) is 11.6 Å². The van der Waals surface area contributed by atoms with Gasteiger partial charge in [-0.15, -0.1) is 13.2 Å². The lowest BCUT2D eigenvalue weighted by molar-refractivity contribution is -0.274. The lowest BCUT2D eigenvalue weighted by Crippen LogP contribution is -2.51. The molecule has 7 heteroatoms. The summed E-state index contributed by atoms with van der Waals surface area (Å²) in [7, 11) is 0. The van der Waals surface area contributed by atoms with E-state index in [-0.39, 0.29) is 18.2 Å². The van der Waals surface area contributed by atoms with Crippen molar-refractivity contribution in [1.29, 1.82) is 0 Å². The van der Waals surface area contributed by atoms with Gasteiger partial charge in [-0.1, -0.05) is 6.92 Å². The molecule has 1 aromatic carbocycles. The van der Waals surface area contributed by atoms with E-state index in [1.54, 1.807) is 0 Å². The third-order valence-electron chi connectivity index (χ3n) is 3.70. The third kappa shape index (κ3) is 3.66. The Bertz CT molecular complexity index is 508. The molecule has 0 saturated heterocycles. The first-order chi connectivity index (χ1) is 9.74. The average Bonchev–Trinajstić information content (AvgIpc) is 2.35. The molecule has 0 atom stereocenters. The van der Waals surface area contributed by atoms with Gasteiger partial charge in [-0.25, -0.2) is 0 Å². The highest BCUT2D eigenvalue weighted by Crippen LogP contribution is 2.45. The fourth-order valence-corrected chi connectivity index (χ4v) is 2.72. The Kier molecular flexibility index (Phi) is 4.13. The van der Waals surface area contributed by atoms with E-state index in [1.165, 1.54) is 12.1 Å². The molecular formula is C14H17F3N2O2. The summed E-state index contributed by atoms with van der Waals surface area (Å²) in [6.45, 7) is 2.31. The van der Waals surface area contributed by atoms with Gasteiger partial charge in [0.05, 0.1) is 5.41 Å². The minimum atomic E-state index is -4.73. The van der Waals surface area contributed by atoms with E-state index in [9.17, 15) is 18.0 Å². The first-order valence-corrected chi connectivity index (χ1v) is 6.61. The molecule has 1 aromatic rings. The van der Waals surface area contributed by atoms with Crippen molar-refractivity contribution in [2.24, 2.45) is 17.1 Å². The number of carbonyl (C=O) groups is 1. The number of ether oxygens (including phenoxy) is 1. The van der Waals surface area contributed by atoms with Crippen molar-refractivity contribution in [3.8, 4) is 5.75 Å². The summed E-state index contributed by atoms with van der Waals surface area (Å²) in [6, 6.07) is 5.04. The normalized spacial score (nSPS) is 25.1. The van der Waals surface area contributed by atoms with Crippen LogP contribution in [0.15, 0.2) is 24.3 Å². The highest BCUT2D eigenvalue weighted by Gasteiger charge is 2.47. The van der Waals surface area contributed by atoms with Gasteiger partial charge in [0.15, 0.2) is 0 Å². The molecule has 1 aliphatic rings. The van der Waals surface area contributed by atoms with E-state index in [1.807, 2.05) is 6.92 Å². The molecule has 0 aliphatic heterocycles. The molecule has 0 bridgehead atoms. The van der Waals surface area contributed by atoms with Crippen LogP contribution in [0.3, 0.4) is 0 Å². The van der Waals surface area contributed by atoms with Crippen LogP contribution in [-0.4, -0.2) is 18.8 Å². The minimum Gasteiger partial charge on any atom is -0.406 e. The fourth-order valence-electron chi connectivity index (χ4n) is 2.72. The summed E-state index contributed by atoms with van der Waals surface area (Å²) in [5, 5.41) is 2.69. The molecule has 1 aliphatic carbocycles. The molecule has 1 saturated carbocycles. The highest BCUT2D eigenvalue weighted by molar-refractivity contribution is 5.96. The largest absolute Gasteiger partial charge is 0.573 e. The van der Waals surface area contributed by atoms with Crippen LogP contribution in [0.25, 0.3) is 0 Å². The predicted octanol–water partition coefficient (Wildman–Crippen LogP) is 2.90. The first-order valence-electron chi connectivity index (χ1n) is 6.61. The second kappa shape index (κ2) is 5.55. The van der Waals surface area contributed by atoms with Gasteiger partial charge < -0.3 is 15.8 Å². The third-order valence-corrected chi connectivity index (χ3v) is 3.70. The Labute approximate surface area is 120 Å². The van der Waals surface area contributed by atoms with Crippen molar-refractivity contribution in [3.05, 3.63) is 24.3 Å². The van der Waals surface area contributed by atoms with Crippen molar-refractivity contribution in [2.75, 3.05) is 11.9 Å². The van der Waals surface area contributed by atoms with Crippen LogP contribution >= 0.6 is 0 Å². The fraction of sp³-hybridized carbons (Fsp3) is 0.500. The SMILES string of the molecule is CC1CC(CN)(C(=O)Nc2ccc(OC(F)(F)F)cc2)C1. The maximum absolute atomic E-state index is 12.2. The van der Waals surface area contributed by atoms with Crippen LogP contribution < -0.4 is 15.8 Å². The van der Waals surface area contributed by atoms with Crippen LogP contribution in [0.1, 0.15) is 19.8 Å².